The number of carbonyl (C=O) groups is 1. The molecule has 0 aromatic carbocycles. The summed E-state index contributed by atoms with van der Waals surface area (Å²) in [6.45, 7) is 5.83. The van der Waals surface area contributed by atoms with Crippen LogP contribution < -0.4 is 0 Å². The summed E-state index contributed by atoms with van der Waals surface area (Å²) >= 11 is 1.57. The number of hydrogen-bond acceptors (Lipinski definition) is 4. The van der Waals surface area contributed by atoms with E-state index in [9.17, 15) is 4.79 Å². The molecule has 0 saturated carbocycles. The van der Waals surface area contributed by atoms with Crippen LogP contribution in [0.1, 0.15) is 54.3 Å². The van der Waals surface area contributed by atoms with Crippen LogP contribution in [0.4, 0.5) is 0 Å². The molecule has 0 N–H and O–H groups in total. The molecular formula is C16H23NO2S. The van der Waals surface area contributed by atoms with E-state index in [4.69, 9.17) is 4.74 Å². The second kappa shape index (κ2) is 5.96. The number of carbonyl (C=O) groups excluding carboxylic acids is 1. The smallest absolute Gasteiger partial charge is 0.169 e. The molecular weight excluding hydrogens is 270 g/mol. The number of Topliss-reactive ketones (excluding diaryl/α,β-unsaturated/α-hetero) is 1. The molecule has 2 fully saturated rings. The summed E-state index contributed by atoms with van der Waals surface area (Å²) in [5.74, 6) is 0.176. The summed E-state index contributed by atoms with van der Waals surface area (Å²) in [6.07, 6.45) is 6.08. The van der Waals surface area contributed by atoms with Gasteiger partial charge in [-0.05, 0) is 62.6 Å². The molecule has 4 heteroatoms. The van der Waals surface area contributed by atoms with Gasteiger partial charge in [-0.2, -0.15) is 0 Å². The Morgan fingerprint density at radius 3 is 2.90 bits per heavy atom. The Labute approximate surface area is 124 Å². The summed E-state index contributed by atoms with van der Waals surface area (Å²) < 4.78 is 6.03. The SMILES string of the molecule is CC(=O)c1cc(CN2CCCC3(CCCO3)CC2)cs1. The summed E-state index contributed by atoms with van der Waals surface area (Å²) in [5.41, 5.74) is 1.47. The summed E-state index contributed by atoms with van der Waals surface area (Å²) in [4.78, 5) is 14.8. The normalized spacial score (nSPS) is 27.9. The molecule has 0 bridgehead atoms. The fourth-order valence-corrected chi connectivity index (χ4v) is 4.24. The molecule has 110 valence electrons. The summed E-state index contributed by atoms with van der Waals surface area (Å²) in [7, 11) is 0. The zero-order valence-corrected chi connectivity index (χ0v) is 13.0. The molecule has 1 aromatic heterocycles. The molecule has 3 rings (SSSR count). The Morgan fingerprint density at radius 2 is 2.20 bits per heavy atom. The van der Waals surface area contributed by atoms with E-state index in [2.05, 4.69) is 16.3 Å². The first kappa shape index (κ1) is 14.2. The summed E-state index contributed by atoms with van der Waals surface area (Å²) in [5, 5.41) is 2.13. The van der Waals surface area contributed by atoms with E-state index in [0.717, 1.165) is 37.5 Å². The minimum atomic E-state index is 0.176. The molecule has 3 heterocycles. The van der Waals surface area contributed by atoms with E-state index in [-0.39, 0.29) is 11.4 Å². The first-order valence-corrected chi connectivity index (χ1v) is 8.50. The maximum Gasteiger partial charge on any atom is 0.169 e. The Balaban J connectivity index is 1.59. The second-order valence-electron chi connectivity index (χ2n) is 6.14. The van der Waals surface area contributed by atoms with Gasteiger partial charge in [0.2, 0.25) is 0 Å². The van der Waals surface area contributed by atoms with Crippen molar-refractivity contribution in [2.24, 2.45) is 0 Å². The maximum atomic E-state index is 11.4. The van der Waals surface area contributed by atoms with Crippen LogP contribution in [0.5, 0.6) is 0 Å². The number of hydrogen-bond donors (Lipinski definition) is 0. The van der Waals surface area contributed by atoms with Crippen LogP contribution in [0.25, 0.3) is 0 Å². The fraction of sp³-hybridized carbons (Fsp3) is 0.688. The molecule has 2 aliphatic rings. The molecule has 2 aliphatic heterocycles. The van der Waals surface area contributed by atoms with E-state index in [1.165, 1.54) is 31.2 Å². The van der Waals surface area contributed by atoms with Crippen molar-refractivity contribution in [3.63, 3.8) is 0 Å². The topological polar surface area (TPSA) is 29.5 Å². The number of ketones is 1. The average molecular weight is 293 g/mol. The van der Waals surface area contributed by atoms with E-state index in [0.29, 0.717) is 0 Å². The zero-order valence-electron chi connectivity index (χ0n) is 12.2. The maximum absolute atomic E-state index is 11.4. The molecule has 0 aliphatic carbocycles. The minimum Gasteiger partial charge on any atom is -0.375 e. The largest absolute Gasteiger partial charge is 0.375 e. The number of likely N-dealkylation sites (tertiary alicyclic amines) is 1. The third-order valence-electron chi connectivity index (χ3n) is 4.58. The molecule has 1 unspecified atom stereocenters. The molecule has 1 aromatic rings. The second-order valence-corrected chi connectivity index (χ2v) is 7.05. The summed E-state index contributed by atoms with van der Waals surface area (Å²) in [6, 6.07) is 2.06. The van der Waals surface area contributed by atoms with Gasteiger partial charge in [0.15, 0.2) is 5.78 Å². The van der Waals surface area contributed by atoms with E-state index >= 15 is 0 Å². The van der Waals surface area contributed by atoms with Crippen molar-refractivity contribution >= 4 is 17.1 Å². The highest BCUT2D eigenvalue weighted by Crippen LogP contribution is 2.35. The number of ether oxygens (including phenoxy) is 1. The molecule has 0 amide bonds. The fourth-order valence-electron chi connectivity index (χ4n) is 3.43. The van der Waals surface area contributed by atoms with Crippen molar-refractivity contribution in [2.75, 3.05) is 19.7 Å². The molecule has 1 atom stereocenters. The van der Waals surface area contributed by atoms with Crippen molar-refractivity contribution in [1.29, 1.82) is 0 Å². The van der Waals surface area contributed by atoms with E-state index < -0.39 is 0 Å². The van der Waals surface area contributed by atoms with Crippen LogP contribution in [-0.2, 0) is 11.3 Å². The molecule has 3 nitrogen and oxygen atoms in total. The van der Waals surface area contributed by atoms with Crippen molar-refractivity contribution in [3.05, 3.63) is 21.9 Å². The van der Waals surface area contributed by atoms with Gasteiger partial charge in [-0.25, -0.2) is 0 Å². The Kier molecular flexibility index (Phi) is 4.24. The molecule has 0 radical (unpaired) electrons. The van der Waals surface area contributed by atoms with Crippen molar-refractivity contribution in [1.82, 2.24) is 4.90 Å². The van der Waals surface area contributed by atoms with Crippen LogP contribution in [0.3, 0.4) is 0 Å². The van der Waals surface area contributed by atoms with Gasteiger partial charge < -0.3 is 4.74 Å². The molecule has 20 heavy (non-hydrogen) atoms. The average Bonchev–Trinajstić information content (AvgIpc) is 3.01. The lowest BCUT2D eigenvalue weighted by molar-refractivity contribution is -0.00737. The Hall–Kier alpha value is -0.710. The van der Waals surface area contributed by atoms with Gasteiger partial charge in [-0.15, -0.1) is 11.3 Å². The molecule has 1 spiro atoms. The number of thiophene rings is 1. The predicted octanol–water partition coefficient (Wildman–Crippen LogP) is 3.49. The van der Waals surface area contributed by atoms with Gasteiger partial charge in [0.1, 0.15) is 0 Å². The lowest BCUT2D eigenvalue weighted by Gasteiger charge is -2.26. The van der Waals surface area contributed by atoms with Crippen LogP contribution >= 0.6 is 11.3 Å². The standard InChI is InChI=1S/C16H23NO2S/c1-13(18)15-10-14(12-20-15)11-17-7-2-4-16(6-8-17)5-3-9-19-16/h10,12H,2-9,11H2,1H3. The van der Waals surface area contributed by atoms with Crippen LogP contribution in [-0.4, -0.2) is 36.0 Å². The highest BCUT2D eigenvalue weighted by atomic mass is 32.1. The quantitative estimate of drug-likeness (QED) is 0.799. The van der Waals surface area contributed by atoms with Crippen LogP contribution in [0.2, 0.25) is 0 Å². The Morgan fingerprint density at radius 1 is 1.35 bits per heavy atom. The van der Waals surface area contributed by atoms with Crippen LogP contribution in [0, 0.1) is 0 Å². The zero-order chi connectivity index (χ0) is 14.0. The van der Waals surface area contributed by atoms with Gasteiger partial charge in [0.05, 0.1) is 10.5 Å². The van der Waals surface area contributed by atoms with Crippen molar-refractivity contribution < 1.29 is 9.53 Å². The molecule has 2 saturated heterocycles. The highest BCUT2D eigenvalue weighted by Gasteiger charge is 2.36. The first-order chi connectivity index (χ1) is 9.67. The van der Waals surface area contributed by atoms with Crippen molar-refractivity contribution in [2.45, 2.75) is 51.2 Å². The van der Waals surface area contributed by atoms with Gasteiger partial charge in [0.25, 0.3) is 0 Å². The minimum absolute atomic E-state index is 0.176. The van der Waals surface area contributed by atoms with E-state index in [1.54, 1.807) is 18.3 Å². The van der Waals surface area contributed by atoms with Gasteiger partial charge in [-0.1, -0.05) is 0 Å². The third-order valence-corrected chi connectivity index (χ3v) is 5.66. The third kappa shape index (κ3) is 3.13. The Bertz CT molecular complexity index is 477. The van der Waals surface area contributed by atoms with Crippen molar-refractivity contribution in [3.8, 4) is 0 Å². The van der Waals surface area contributed by atoms with Crippen LogP contribution in [0.15, 0.2) is 11.4 Å². The monoisotopic (exact) mass is 293 g/mol. The number of nitrogens with zero attached hydrogens (tertiary/aromatic N) is 1. The van der Waals surface area contributed by atoms with Gasteiger partial charge in [0, 0.05) is 19.7 Å². The first-order valence-electron chi connectivity index (χ1n) is 7.62. The highest BCUT2D eigenvalue weighted by molar-refractivity contribution is 7.12. The number of rotatable bonds is 3. The predicted molar refractivity (Wildman–Crippen MR) is 81.4 cm³/mol. The lowest BCUT2D eigenvalue weighted by atomic mass is 9.92. The lowest BCUT2D eigenvalue weighted by Crippen LogP contribution is -2.30. The van der Waals surface area contributed by atoms with E-state index in [1.807, 2.05) is 0 Å². The van der Waals surface area contributed by atoms with Gasteiger partial charge >= 0.3 is 0 Å². The van der Waals surface area contributed by atoms with Gasteiger partial charge in [-0.3, -0.25) is 9.69 Å².